The quantitative estimate of drug-likeness (QED) is 0.633. The van der Waals surface area contributed by atoms with Gasteiger partial charge in [0.2, 0.25) is 5.88 Å². The van der Waals surface area contributed by atoms with E-state index in [0.717, 1.165) is 5.69 Å². The molecule has 8 heteroatoms. The fraction of sp³-hybridized carbons (Fsp3) is 0.273. The van der Waals surface area contributed by atoms with Gasteiger partial charge in [-0.3, -0.25) is 15.2 Å². The fourth-order valence-corrected chi connectivity index (χ4v) is 1.47. The fourth-order valence-electron chi connectivity index (χ4n) is 1.47. The molecule has 2 N–H and O–H groups in total. The number of nitrogens with one attached hydrogen (secondary N) is 2. The van der Waals surface area contributed by atoms with Crippen molar-refractivity contribution >= 4 is 11.5 Å². The smallest absolute Gasteiger partial charge is 0.331 e. The van der Waals surface area contributed by atoms with E-state index in [0.29, 0.717) is 12.4 Å². The molecule has 0 bridgehead atoms. The number of hydrogen-bond acceptors (Lipinski definition) is 6. The lowest BCUT2D eigenvalue weighted by atomic mass is 10.4. The molecule has 0 aliphatic rings. The van der Waals surface area contributed by atoms with Crippen LogP contribution in [-0.4, -0.2) is 26.6 Å². The average molecular weight is 263 g/mol. The summed E-state index contributed by atoms with van der Waals surface area (Å²) in [6.45, 7) is 4.36. The van der Waals surface area contributed by atoms with E-state index in [1.165, 1.54) is 12.1 Å². The van der Waals surface area contributed by atoms with Gasteiger partial charge in [0, 0.05) is 24.4 Å². The van der Waals surface area contributed by atoms with Gasteiger partial charge in [0.1, 0.15) is 5.82 Å². The molecule has 8 nitrogen and oxygen atoms in total. The number of aromatic nitrogens is 3. The summed E-state index contributed by atoms with van der Waals surface area (Å²) < 4.78 is 5.34. The van der Waals surface area contributed by atoms with Crippen LogP contribution in [0.25, 0.3) is 0 Å². The second-order valence-corrected chi connectivity index (χ2v) is 3.80. The molecule has 0 amide bonds. The first-order valence-corrected chi connectivity index (χ1v) is 5.69. The van der Waals surface area contributed by atoms with Crippen molar-refractivity contribution in [3.8, 4) is 11.8 Å². The van der Waals surface area contributed by atoms with E-state index in [1.54, 1.807) is 13.0 Å². The van der Waals surface area contributed by atoms with Crippen LogP contribution in [0.15, 0.2) is 18.2 Å². The number of pyridine rings is 1. The third-order valence-corrected chi connectivity index (χ3v) is 2.28. The number of hydrogen-bond donors (Lipinski definition) is 2. The Bertz CT molecular complexity index is 596. The summed E-state index contributed by atoms with van der Waals surface area (Å²) in [6.07, 6.45) is 0. The molecule has 0 aliphatic heterocycles. The zero-order valence-electron chi connectivity index (χ0n) is 10.5. The van der Waals surface area contributed by atoms with Crippen molar-refractivity contribution in [2.45, 2.75) is 13.8 Å². The predicted octanol–water partition coefficient (Wildman–Crippen LogP) is 2.25. The lowest BCUT2D eigenvalue weighted by Crippen LogP contribution is -2.02. The summed E-state index contributed by atoms with van der Waals surface area (Å²) >= 11 is 0. The number of H-pyrrole nitrogens is 1. The van der Waals surface area contributed by atoms with Crippen LogP contribution in [0.1, 0.15) is 12.6 Å². The van der Waals surface area contributed by atoms with Gasteiger partial charge in [-0.05, 0) is 19.9 Å². The molecule has 0 spiro atoms. The van der Waals surface area contributed by atoms with Crippen LogP contribution < -0.4 is 10.1 Å². The monoisotopic (exact) mass is 263 g/mol. The highest BCUT2D eigenvalue weighted by molar-refractivity contribution is 5.50. The molecule has 2 aromatic rings. The van der Waals surface area contributed by atoms with Crippen LogP contribution in [0, 0.1) is 17.0 Å². The first kappa shape index (κ1) is 12.8. The lowest BCUT2D eigenvalue weighted by molar-refractivity contribution is -0.386. The van der Waals surface area contributed by atoms with Gasteiger partial charge >= 0.3 is 11.6 Å². The zero-order chi connectivity index (χ0) is 13.8. The normalized spacial score (nSPS) is 10.2. The number of nitrogens with zero attached hydrogens (tertiary/aromatic N) is 3. The van der Waals surface area contributed by atoms with Gasteiger partial charge < -0.3 is 10.1 Å². The molecule has 2 rings (SSSR count). The molecule has 2 aromatic heterocycles. The minimum Gasteiger partial charge on any atom is -0.413 e. The van der Waals surface area contributed by atoms with Crippen LogP contribution in [0.3, 0.4) is 0 Å². The van der Waals surface area contributed by atoms with Crippen LogP contribution in [-0.2, 0) is 0 Å². The molecule has 0 unspecified atom stereocenters. The Morgan fingerprint density at radius 1 is 1.53 bits per heavy atom. The van der Waals surface area contributed by atoms with E-state index >= 15 is 0 Å². The summed E-state index contributed by atoms with van der Waals surface area (Å²) in [4.78, 5) is 14.4. The topological polar surface area (TPSA) is 106 Å². The summed E-state index contributed by atoms with van der Waals surface area (Å²) in [5, 5.41) is 20.4. The standard InChI is InChI=1S/C11H13N5O3/c1-3-12-9-5-4-8(16(17)18)11(13-9)19-10-6-7(2)14-15-10/h4-6H,3H2,1-2H3,(H,12,13)(H,14,15). The molecule has 2 heterocycles. The predicted molar refractivity (Wildman–Crippen MR) is 68.5 cm³/mol. The molecule has 0 aliphatic carbocycles. The second-order valence-electron chi connectivity index (χ2n) is 3.80. The molecule has 0 fully saturated rings. The third-order valence-electron chi connectivity index (χ3n) is 2.28. The molecule has 100 valence electrons. The van der Waals surface area contributed by atoms with Crippen molar-refractivity contribution in [2.24, 2.45) is 0 Å². The Morgan fingerprint density at radius 2 is 2.32 bits per heavy atom. The Balaban J connectivity index is 2.34. The maximum absolute atomic E-state index is 10.9. The molecular formula is C11H13N5O3. The molecule has 19 heavy (non-hydrogen) atoms. The molecule has 0 radical (unpaired) electrons. The first-order valence-electron chi connectivity index (χ1n) is 5.69. The number of ether oxygens (including phenoxy) is 1. The Hall–Kier alpha value is -2.64. The molecule has 0 saturated carbocycles. The molecular weight excluding hydrogens is 250 g/mol. The van der Waals surface area contributed by atoms with Crippen molar-refractivity contribution in [3.05, 3.63) is 34.0 Å². The SMILES string of the molecule is CCNc1ccc([N+](=O)[O-])c(Oc2cc(C)[nH]n2)n1. The molecule has 0 saturated heterocycles. The van der Waals surface area contributed by atoms with Gasteiger partial charge in [0.05, 0.1) is 4.92 Å². The molecule has 0 aromatic carbocycles. The number of rotatable bonds is 5. The number of aromatic amines is 1. The number of aryl methyl sites for hydroxylation is 1. The van der Waals surface area contributed by atoms with Crippen molar-refractivity contribution < 1.29 is 9.66 Å². The van der Waals surface area contributed by atoms with Crippen molar-refractivity contribution in [2.75, 3.05) is 11.9 Å². The van der Waals surface area contributed by atoms with Gasteiger partial charge in [0.15, 0.2) is 0 Å². The highest BCUT2D eigenvalue weighted by atomic mass is 16.6. The summed E-state index contributed by atoms with van der Waals surface area (Å²) in [7, 11) is 0. The minimum absolute atomic E-state index is 0.0880. The van der Waals surface area contributed by atoms with Crippen molar-refractivity contribution in [1.29, 1.82) is 0 Å². The van der Waals surface area contributed by atoms with E-state index < -0.39 is 4.92 Å². The van der Waals surface area contributed by atoms with E-state index in [9.17, 15) is 10.1 Å². The van der Waals surface area contributed by atoms with Gasteiger partial charge in [-0.1, -0.05) is 0 Å². The van der Waals surface area contributed by atoms with E-state index in [1.807, 2.05) is 6.92 Å². The van der Waals surface area contributed by atoms with Crippen LogP contribution in [0.2, 0.25) is 0 Å². The largest absolute Gasteiger partial charge is 0.413 e. The molecule has 0 atom stereocenters. The minimum atomic E-state index is -0.544. The summed E-state index contributed by atoms with van der Waals surface area (Å²) in [5.41, 5.74) is 0.586. The van der Waals surface area contributed by atoms with E-state index in [2.05, 4.69) is 20.5 Å². The summed E-state index contributed by atoms with van der Waals surface area (Å²) in [6, 6.07) is 4.51. The first-order chi connectivity index (χ1) is 9.10. The van der Waals surface area contributed by atoms with Crippen molar-refractivity contribution in [3.63, 3.8) is 0 Å². The van der Waals surface area contributed by atoms with Crippen molar-refractivity contribution in [1.82, 2.24) is 15.2 Å². The Morgan fingerprint density at radius 3 is 2.89 bits per heavy atom. The van der Waals surface area contributed by atoms with Crippen LogP contribution in [0.5, 0.6) is 11.8 Å². The number of anilines is 1. The highest BCUT2D eigenvalue weighted by Gasteiger charge is 2.19. The Labute approximate surface area is 109 Å². The maximum Gasteiger partial charge on any atom is 0.331 e. The highest BCUT2D eigenvalue weighted by Crippen LogP contribution is 2.29. The van der Waals surface area contributed by atoms with Gasteiger partial charge in [-0.2, -0.15) is 4.98 Å². The maximum atomic E-state index is 10.9. The van der Waals surface area contributed by atoms with Gasteiger partial charge in [-0.15, -0.1) is 5.10 Å². The van der Waals surface area contributed by atoms with Gasteiger partial charge in [-0.25, -0.2) is 0 Å². The lowest BCUT2D eigenvalue weighted by Gasteiger charge is -2.05. The van der Waals surface area contributed by atoms with E-state index in [4.69, 9.17) is 4.74 Å². The summed E-state index contributed by atoms with van der Waals surface area (Å²) in [5.74, 6) is 0.659. The third kappa shape index (κ3) is 2.97. The van der Waals surface area contributed by atoms with E-state index in [-0.39, 0.29) is 17.4 Å². The average Bonchev–Trinajstić information content (AvgIpc) is 2.75. The van der Waals surface area contributed by atoms with Gasteiger partial charge in [0.25, 0.3) is 0 Å². The van der Waals surface area contributed by atoms with Crippen LogP contribution in [0.4, 0.5) is 11.5 Å². The second kappa shape index (κ2) is 5.34. The zero-order valence-corrected chi connectivity index (χ0v) is 10.5. The van der Waals surface area contributed by atoms with Crippen LogP contribution >= 0.6 is 0 Å². The Kier molecular flexibility index (Phi) is 3.60. The number of nitro groups is 1.